The summed E-state index contributed by atoms with van der Waals surface area (Å²) in [5.41, 5.74) is 1.32. The van der Waals surface area contributed by atoms with E-state index in [4.69, 9.17) is 0 Å². The van der Waals surface area contributed by atoms with Crippen molar-refractivity contribution in [2.24, 2.45) is 5.41 Å². The van der Waals surface area contributed by atoms with Gasteiger partial charge in [-0.25, -0.2) is 9.37 Å². The largest absolute Gasteiger partial charge is 0.342 e. The third kappa shape index (κ3) is 1.89. The van der Waals surface area contributed by atoms with Crippen LogP contribution in [-0.2, 0) is 4.79 Å². The molecule has 0 bridgehead atoms. The Morgan fingerprint density at radius 2 is 2.19 bits per heavy atom. The molecule has 2 aromatic rings. The number of nitrogens with one attached hydrogen (secondary N) is 1. The number of carbonyl (C=O) groups excluding carboxylic acids is 1. The van der Waals surface area contributed by atoms with E-state index in [2.05, 4.69) is 14.9 Å². The fourth-order valence-electron chi connectivity index (χ4n) is 3.51. The first-order chi connectivity index (χ1) is 10.1. The highest BCUT2D eigenvalue weighted by Gasteiger charge is 2.49. The van der Waals surface area contributed by atoms with Gasteiger partial charge in [0.25, 0.3) is 0 Å². The van der Waals surface area contributed by atoms with Crippen LogP contribution in [0.5, 0.6) is 0 Å². The van der Waals surface area contributed by atoms with E-state index in [1.54, 1.807) is 13.0 Å². The van der Waals surface area contributed by atoms with Gasteiger partial charge in [0.2, 0.25) is 11.9 Å². The van der Waals surface area contributed by atoms with E-state index in [1.165, 1.54) is 6.07 Å². The number of nitrogens with zero attached hydrogens (tertiary/aromatic N) is 3. The highest BCUT2D eigenvalue weighted by molar-refractivity contribution is 5.78. The van der Waals surface area contributed by atoms with Crippen LogP contribution in [0.15, 0.2) is 18.2 Å². The number of para-hydroxylation sites is 1. The Morgan fingerprint density at radius 3 is 2.86 bits per heavy atom. The lowest BCUT2D eigenvalue weighted by molar-refractivity contribution is -0.128. The Labute approximate surface area is 121 Å². The van der Waals surface area contributed by atoms with Gasteiger partial charge in [0.1, 0.15) is 5.52 Å². The smallest absolute Gasteiger partial charge is 0.219 e. The lowest BCUT2D eigenvalue weighted by atomic mass is 9.79. The molecule has 0 saturated carbocycles. The molecule has 0 atom stereocenters. The second kappa shape index (κ2) is 4.19. The first kappa shape index (κ1) is 12.6. The van der Waals surface area contributed by atoms with Gasteiger partial charge in [-0.1, -0.05) is 6.07 Å². The highest BCUT2D eigenvalue weighted by Crippen LogP contribution is 2.41. The average Bonchev–Trinajstić information content (AvgIpc) is 3.01. The maximum absolute atomic E-state index is 13.7. The van der Waals surface area contributed by atoms with Gasteiger partial charge in [-0.2, -0.15) is 0 Å². The molecule has 2 aliphatic rings. The quantitative estimate of drug-likeness (QED) is 0.870. The van der Waals surface area contributed by atoms with Crippen molar-refractivity contribution in [2.45, 2.75) is 13.3 Å². The number of rotatable bonds is 1. The molecule has 21 heavy (non-hydrogen) atoms. The van der Waals surface area contributed by atoms with Crippen LogP contribution >= 0.6 is 0 Å². The number of hydrogen-bond acceptors (Lipinski definition) is 3. The number of aromatic amines is 1. The van der Waals surface area contributed by atoms with Crippen molar-refractivity contribution in [2.75, 3.05) is 31.1 Å². The maximum atomic E-state index is 13.7. The van der Waals surface area contributed by atoms with E-state index in [1.807, 2.05) is 11.0 Å². The molecular weight excluding hydrogens is 271 g/mol. The van der Waals surface area contributed by atoms with Gasteiger partial charge >= 0.3 is 0 Å². The molecule has 3 heterocycles. The maximum Gasteiger partial charge on any atom is 0.219 e. The van der Waals surface area contributed by atoms with Crippen LogP contribution in [-0.4, -0.2) is 47.0 Å². The summed E-state index contributed by atoms with van der Waals surface area (Å²) in [4.78, 5) is 23.0. The fourth-order valence-corrected chi connectivity index (χ4v) is 3.51. The van der Waals surface area contributed by atoms with E-state index in [0.29, 0.717) is 5.52 Å². The van der Waals surface area contributed by atoms with Crippen LogP contribution in [0.1, 0.15) is 13.3 Å². The summed E-state index contributed by atoms with van der Waals surface area (Å²) < 4.78 is 13.7. The Kier molecular flexibility index (Phi) is 2.52. The van der Waals surface area contributed by atoms with Crippen molar-refractivity contribution in [3.8, 4) is 0 Å². The number of benzene rings is 1. The molecule has 2 aliphatic heterocycles. The summed E-state index contributed by atoms with van der Waals surface area (Å²) in [6, 6.07) is 4.93. The summed E-state index contributed by atoms with van der Waals surface area (Å²) in [5.74, 6) is 0.576. The predicted octanol–water partition coefficient (Wildman–Crippen LogP) is 1.76. The number of aromatic nitrogens is 2. The molecule has 1 N–H and O–H groups in total. The molecule has 1 spiro atoms. The van der Waals surface area contributed by atoms with E-state index in [-0.39, 0.29) is 17.1 Å². The number of likely N-dealkylation sites (tertiary alicyclic amines) is 1. The van der Waals surface area contributed by atoms with Crippen LogP contribution in [0.25, 0.3) is 11.0 Å². The number of carbonyl (C=O) groups is 1. The Hall–Kier alpha value is -2.11. The van der Waals surface area contributed by atoms with Crippen LogP contribution in [0, 0.1) is 11.2 Å². The van der Waals surface area contributed by atoms with Gasteiger partial charge in [0.05, 0.1) is 5.52 Å². The predicted molar refractivity (Wildman–Crippen MR) is 77.6 cm³/mol. The van der Waals surface area contributed by atoms with E-state index in [0.717, 1.165) is 44.1 Å². The molecule has 0 aliphatic carbocycles. The molecular formula is C15H17FN4O. The van der Waals surface area contributed by atoms with Crippen molar-refractivity contribution >= 4 is 22.9 Å². The zero-order chi connectivity index (χ0) is 14.6. The van der Waals surface area contributed by atoms with Crippen molar-refractivity contribution in [3.05, 3.63) is 24.0 Å². The van der Waals surface area contributed by atoms with Gasteiger partial charge in [0, 0.05) is 38.5 Å². The number of fused-ring (bicyclic) bond motifs is 1. The molecule has 2 saturated heterocycles. The number of H-pyrrole nitrogens is 1. The Morgan fingerprint density at radius 1 is 1.38 bits per heavy atom. The number of amides is 1. The molecule has 0 radical (unpaired) electrons. The highest BCUT2D eigenvalue weighted by atomic mass is 19.1. The molecule has 110 valence electrons. The van der Waals surface area contributed by atoms with E-state index < -0.39 is 0 Å². The first-order valence-corrected chi connectivity index (χ1v) is 7.21. The summed E-state index contributed by atoms with van der Waals surface area (Å²) in [6.07, 6.45) is 1.04. The van der Waals surface area contributed by atoms with Crippen LogP contribution < -0.4 is 4.90 Å². The second-order valence-electron chi connectivity index (χ2n) is 6.24. The van der Waals surface area contributed by atoms with E-state index in [9.17, 15) is 9.18 Å². The topological polar surface area (TPSA) is 52.2 Å². The Bertz CT molecular complexity index is 720. The summed E-state index contributed by atoms with van der Waals surface area (Å²) >= 11 is 0. The van der Waals surface area contributed by atoms with Gasteiger partial charge in [-0.3, -0.25) is 4.79 Å². The molecule has 6 heteroatoms. The zero-order valence-electron chi connectivity index (χ0n) is 11.9. The summed E-state index contributed by atoms with van der Waals surface area (Å²) in [5, 5.41) is 0. The average molecular weight is 288 g/mol. The lowest BCUT2D eigenvalue weighted by Crippen LogP contribution is -2.58. The molecule has 4 rings (SSSR count). The number of hydrogen-bond donors (Lipinski definition) is 1. The monoisotopic (exact) mass is 288 g/mol. The number of halogens is 1. The summed E-state index contributed by atoms with van der Waals surface area (Å²) in [6.45, 7) is 5.04. The number of anilines is 1. The van der Waals surface area contributed by atoms with Crippen molar-refractivity contribution in [3.63, 3.8) is 0 Å². The van der Waals surface area contributed by atoms with Crippen LogP contribution in [0.4, 0.5) is 10.3 Å². The second-order valence-corrected chi connectivity index (χ2v) is 6.24. The Balaban J connectivity index is 1.52. The molecule has 1 aromatic heterocycles. The van der Waals surface area contributed by atoms with Gasteiger partial charge in [-0.15, -0.1) is 0 Å². The number of imidazole rings is 1. The van der Waals surface area contributed by atoms with Gasteiger partial charge < -0.3 is 14.8 Å². The molecule has 0 unspecified atom stereocenters. The molecule has 1 amide bonds. The SMILES string of the molecule is CC(=O)N1CCC2(C1)CN(c1nc3c(F)cccc3[nH]1)C2. The minimum atomic E-state index is -0.297. The van der Waals surface area contributed by atoms with Gasteiger partial charge in [-0.05, 0) is 18.6 Å². The fraction of sp³-hybridized carbons (Fsp3) is 0.467. The minimum Gasteiger partial charge on any atom is -0.342 e. The van der Waals surface area contributed by atoms with Crippen LogP contribution in [0.2, 0.25) is 0 Å². The van der Waals surface area contributed by atoms with Crippen molar-refractivity contribution < 1.29 is 9.18 Å². The normalized spacial score (nSPS) is 20.3. The van der Waals surface area contributed by atoms with Crippen molar-refractivity contribution in [1.82, 2.24) is 14.9 Å². The molecule has 5 nitrogen and oxygen atoms in total. The summed E-state index contributed by atoms with van der Waals surface area (Å²) in [7, 11) is 0. The minimum absolute atomic E-state index is 0.149. The molecule has 1 aromatic carbocycles. The standard InChI is InChI=1S/C15H17FN4O/c1-10(21)19-6-5-15(7-19)8-20(9-15)14-17-12-4-2-3-11(16)13(12)18-14/h2-4H,5-9H2,1H3,(H,17,18). The lowest BCUT2D eigenvalue weighted by Gasteiger charge is -2.47. The van der Waals surface area contributed by atoms with Gasteiger partial charge in [0.15, 0.2) is 5.82 Å². The van der Waals surface area contributed by atoms with Crippen LogP contribution in [0.3, 0.4) is 0 Å². The zero-order valence-corrected chi connectivity index (χ0v) is 11.9. The first-order valence-electron chi connectivity index (χ1n) is 7.21. The third-order valence-electron chi connectivity index (χ3n) is 4.69. The molecule has 2 fully saturated rings. The van der Waals surface area contributed by atoms with Crippen molar-refractivity contribution in [1.29, 1.82) is 0 Å². The third-order valence-corrected chi connectivity index (χ3v) is 4.69. The van der Waals surface area contributed by atoms with E-state index >= 15 is 0 Å².